The molecule has 0 unspecified atom stereocenters. The topological polar surface area (TPSA) is 82.0 Å². The van der Waals surface area contributed by atoms with Crippen LogP contribution in [0.1, 0.15) is 0 Å². The van der Waals surface area contributed by atoms with E-state index in [0.717, 1.165) is 15.6 Å². The number of hydrogen-bond acceptors (Lipinski definition) is 6. The lowest BCUT2D eigenvalue weighted by Crippen LogP contribution is -1.95. The van der Waals surface area contributed by atoms with Crippen LogP contribution in [0.5, 0.6) is 0 Å². The molecule has 0 saturated carbocycles. The number of rotatable bonds is 2. The molecule has 84 valence electrons. The molecule has 0 fully saturated rings. The molecule has 0 amide bonds. The molecule has 2 heterocycles. The molecule has 2 N–H and O–H groups in total. The van der Waals surface area contributed by atoms with E-state index in [0.29, 0.717) is 5.65 Å². The molecule has 0 aliphatic carbocycles. The van der Waals surface area contributed by atoms with Crippen molar-refractivity contribution in [2.75, 3.05) is 5.73 Å². The molecule has 0 radical (unpaired) electrons. The molecule has 0 aliphatic rings. The molecule has 2 aromatic heterocycles. The van der Waals surface area contributed by atoms with Gasteiger partial charge in [-0.2, -0.15) is 0 Å². The van der Waals surface area contributed by atoms with Crippen molar-refractivity contribution < 1.29 is 0 Å². The first kappa shape index (κ1) is 10.0. The number of nitrogen functional groups attached to an aromatic ring is 1. The van der Waals surface area contributed by atoms with E-state index < -0.39 is 0 Å². The van der Waals surface area contributed by atoms with Gasteiger partial charge in [0.2, 0.25) is 0 Å². The highest BCUT2D eigenvalue weighted by atomic mass is 32.2. The minimum atomic E-state index is 0.631. The van der Waals surface area contributed by atoms with Crippen LogP contribution in [-0.2, 0) is 0 Å². The van der Waals surface area contributed by atoms with E-state index >= 15 is 0 Å². The molecule has 0 bridgehead atoms. The molecule has 7 heteroatoms. The van der Waals surface area contributed by atoms with Crippen molar-refractivity contribution in [3.05, 3.63) is 36.4 Å². The normalized spacial score (nSPS) is 10.8. The second kappa shape index (κ2) is 4.02. The van der Waals surface area contributed by atoms with Crippen molar-refractivity contribution in [1.29, 1.82) is 0 Å². The maximum Gasteiger partial charge on any atom is 0.200 e. The van der Waals surface area contributed by atoms with Crippen molar-refractivity contribution >= 4 is 23.1 Å². The summed E-state index contributed by atoms with van der Waals surface area (Å²) >= 11 is 1.53. The number of hydrogen-bond donors (Lipinski definition) is 1. The largest absolute Gasteiger partial charge is 0.399 e. The second-order valence-electron chi connectivity index (χ2n) is 3.37. The van der Waals surface area contributed by atoms with Crippen LogP contribution in [0.3, 0.4) is 0 Å². The van der Waals surface area contributed by atoms with Crippen molar-refractivity contribution in [2.45, 2.75) is 9.92 Å². The maximum absolute atomic E-state index is 5.63. The van der Waals surface area contributed by atoms with Gasteiger partial charge in [-0.1, -0.05) is 11.8 Å². The van der Waals surface area contributed by atoms with Gasteiger partial charge in [-0.05, 0) is 46.8 Å². The van der Waals surface area contributed by atoms with Gasteiger partial charge >= 0.3 is 0 Å². The smallest absolute Gasteiger partial charge is 0.200 e. The van der Waals surface area contributed by atoms with Gasteiger partial charge in [0.1, 0.15) is 5.03 Å². The molecular weight excluding hydrogens is 236 g/mol. The summed E-state index contributed by atoms with van der Waals surface area (Å²) in [5, 5.41) is 16.2. The first-order valence-electron chi connectivity index (χ1n) is 4.90. The Balaban J connectivity index is 1.91. The zero-order valence-corrected chi connectivity index (χ0v) is 9.50. The molecule has 0 saturated heterocycles. The van der Waals surface area contributed by atoms with Crippen molar-refractivity contribution in [3.63, 3.8) is 0 Å². The van der Waals surface area contributed by atoms with Gasteiger partial charge < -0.3 is 5.73 Å². The van der Waals surface area contributed by atoms with Gasteiger partial charge in [-0.3, -0.25) is 0 Å². The van der Waals surface area contributed by atoms with Crippen molar-refractivity contribution in [2.24, 2.45) is 0 Å². The fourth-order valence-electron chi connectivity index (χ4n) is 1.34. The minimum Gasteiger partial charge on any atom is -0.399 e. The van der Waals surface area contributed by atoms with E-state index in [1.165, 1.54) is 16.4 Å². The first-order chi connectivity index (χ1) is 8.31. The van der Waals surface area contributed by atoms with Gasteiger partial charge in [0.25, 0.3) is 0 Å². The molecule has 6 nitrogen and oxygen atoms in total. The summed E-state index contributed by atoms with van der Waals surface area (Å²) in [6.45, 7) is 0. The van der Waals surface area contributed by atoms with Gasteiger partial charge in [0.15, 0.2) is 5.65 Å². The number of anilines is 1. The Bertz CT molecular complexity index is 647. The highest BCUT2D eigenvalue weighted by Gasteiger charge is 2.02. The number of tetrazole rings is 1. The quantitative estimate of drug-likeness (QED) is 0.683. The summed E-state index contributed by atoms with van der Waals surface area (Å²) < 4.78 is 1.40. The molecule has 0 atom stereocenters. The highest BCUT2D eigenvalue weighted by Crippen LogP contribution is 2.26. The molecule has 0 spiro atoms. The van der Waals surface area contributed by atoms with E-state index in [4.69, 9.17) is 5.73 Å². The fraction of sp³-hybridized carbons (Fsp3) is 0. The van der Waals surface area contributed by atoms with E-state index in [1.807, 2.05) is 36.4 Å². The Kier molecular flexibility index (Phi) is 2.37. The van der Waals surface area contributed by atoms with Crippen LogP contribution in [0.4, 0.5) is 5.69 Å². The van der Waals surface area contributed by atoms with E-state index in [2.05, 4.69) is 20.6 Å². The predicted molar refractivity (Wildman–Crippen MR) is 63.6 cm³/mol. The molecule has 3 rings (SSSR count). The zero-order valence-electron chi connectivity index (χ0n) is 8.69. The van der Waals surface area contributed by atoms with Gasteiger partial charge in [-0.15, -0.1) is 14.8 Å². The Morgan fingerprint density at radius 1 is 1.06 bits per heavy atom. The van der Waals surface area contributed by atoms with Crippen LogP contribution in [0.25, 0.3) is 5.65 Å². The summed E-state index contributed by atoms with van der Waals surface area (Å²) in [6.07, 6.45) is 0. The van der Waals surface area contributed by atoms with Crippen LogP contribution >= 0.6 is 11.8 Å². The molecule has 17 heavy (non-hydrogen) atoms. The lowest BCUT2D eigenvalue weighted by atomic mass is 10.3. The SMILES string of the molecule is Nc1ccc(Sc2ccc3nnnn3n2)cc1. The molecule has 1 aromatic carbocycles. The monoisotopic (exact) mass is 244 g/mol. The summed E-state index contributed by atoms with van der Waals surface area (Å²) in [4.78, 5) is 1.07. The van der Waals surface area contributed by atoms with Gasteiger partial charge in [0.05, 0.1) is 0 Å². The van der Waals surface area contributed by atoms with Gasteiger partial charge in [0, 0.05) is 10.6 Å². The first-order valence-corrected chi connectivity index (χ1v) is 5.72. The number of fused-ring (bicyclic) bond motifs is 1. The third-order valence-electron chi connectivity index (χ3n) is 2.15. The van der Waals surface area contributed by atoms with Crippen LogP contribution < -0.4 is 5.73 Å². The maximum atomic E-state index is 5.63. The lowest BCUT2D eigenvalue weighted by Gasteiger charge is -2.00. The third kappa shape index (κ3) is 2.04. The summed E-state index contributed by atoms with van der Waals surface area (Å²) in [6, 6.07) is 11.3. The number of nitrogens with zero attached hydrogens (tertiary/aromatic N) is 5. The third-order valence-corrected chi connectivity index (χ3v) is 3.08. The van der Waals surface area contributed by atoms with Crippen molar-refractivity contribution in [1.82, 2.24) is 25.3 Å². The summed E-state index contributed by atoms with van der Waals surface area (Å²) in [5.41, 5.74) is 7.00. The zero-order chi connectivity index (χ0) is 11.7. The second-order valence-corrected chi connectivity index (χ2v) is 4.46. The predicted octanol–water partition coefficient (Wildman–Crippen LogP) is 1.25. The minimum absolute atomic E-state index is 0.631. The van der Waals surface area contributed by atoms with Crippen molar-refractivity contribution in [3.8, 4) is 0 Å². The van der Waals surface area contributed by atoms with E-state index in [-0.39, 0.29) is 0 Å². The number of benzene rings is 1. The Morgan fingerprint density at radius 3 is 2.71 bits per heavy atom. The number of nitrogens with two attached hydrogens (primary N) is 1. The summed E-state index contributed by atoms with van der Waals surface area (Å²) in [5.74, 6) is 0. The van der Waals surface area contributed by atoms with Crippen LogP contribution in [0.2, 0.25) is 0 Å². The molecule has 0 aliphatic heterocycles. The molecular formula is C10H8N6S. The van der Waals surface area contributed by atoms with E-state index in [1.54, 1.807) is 0 Å². The lowest BCUT2D eigenvalue weighted by molar-refractivity contribution is 0.702. The standard InChI is InChI=1S/C10H8N6S/c11-7-1-3-8(4-2-7)17-10-6-5-9-12-14-15-16(9)13-10/h1-6H,11H2. The Morgan fingerprint density at radius 2 is 1.88 bits per heavy atom. The highest BCUT2D eigenvalue weighted by molar-refractivity contribution is 7.99. The molecule has 3 aromatic rings. The van der Waals surface area contributed by atoms with E-state index in [9.17, 15) is 0 Å². The average Bonchev–Trinajstić information content (AvgIpc) is 2.79. The Labute approximate surface area is 101 Å². The fourth-order valence-corrected chi connectivity index (χ4v) is 2.11. The van der Waals surface area contributed by atoms with Gasteiger partial charge in [-0.25, -0.2) is 0 Å². The average molecular weight is 244 g/mol. The summed E-state index contributed by atoms with van der Waals surface area (Å²) in [7, 11) is 0. The van der Waals surface area contributed by atoms with Crippen LogP contribution in [0.15, 0.2) is 46.3 Å². The van der Waals surface area contributed by atoms with Crippen LogP contribution in [-0.4, -0.2) is 25.3 Å². The Hall–Kier alpha value is -2.15. The number of aromatic nitrogens is 5. The van der Waals surface area contributed by atoms with Crippen LogP contribution in [0, 0.1) is 0 Å².